The van der Waals surface area contributed by atoms with E-state index in [1.54, 1.807) is 11.8 Å². The first-order valence-electron chi connectivity index (χ1n) is 6.93. The van der Waals surface area contributed by atoms with Crippen molar-refractivity contribution in [1.29, 1.82) is 0 Å². The zero-order valence-electron chi connectivity index (χ0n) is 11.7. The topological polar surface area (TPSA) is 79.5 Å². The molecule has 0 radical (unpaired) electrons. The van der Waals surface area contributed by atoms with Crippen molar-refractivity contribution < 1.29 is 19.1 Å². The minimum atomic E-state index is -1.18. The maximum atomic E-state index is 12.0. The molecule has 1 saturated carbocycles. The van der Waals surface area contributed by atoms with Gasteiger partial charge < -0.3 is 14.8 Å². The molecule has 1 fully saturated rings. The van der Waals surface area contributed by atoms with Crippen LogP contribution in [0.5, 0.6) is 0 Å². The van der Waals surface area contributed by atoms with E-state index >= 15 is 0 Å². The Balaban J connectivity index is 1.57. The van der Waals surface area contributed by atoms with Crippen LogP contribution in [0.25, 0.3) is 0 Å². The van der Waals surface area contributed by atoms with Crippen LogP contribution in [-0.4, -0.2) is 28.3 Å². The quantitative estimate of drug-likeness (QED) is 0.856. The molecule has 0 unspecified atom stereocenters. The molecule has 1 aromatic heterocycles. The molecule has 0 bridgehead atoms. The first-order valence-corrected chi connectivity index (χ1v) is 7.75. The van der Waals surface area contributed by atoms with Gasteiger partial charge in [-0.15, -0.1) is 11.8 Å². The van der Waals surface area contributed by atoms with Crippen molar-refractivity contribution in [2.75, 3.05) is 6.54 Å². The van der Waals surface area contributed by atoms with Gasteiger partial charge in [-0.2, -0.15) is 0 Å². The normalized spacial score (nSPS) is 15.3. The van der Waals surface area contributed by atoms with E-state index in [1.165, 1.54) is 17.0 Å². The molecular formula is C16H15NO4S. The van der Waals surface area contributed by atoms with E-state index in [-0.39, 0.29) is 22.2 Å². The standard InChI is InChI=1S/C16H15NO4S/c18-14(12-6-7-13(21-12)15(19)20)17-10-16(8-9-16)22-11-4-2-1-3-5-11/h1-7H,8-10H2,(H,17,18)(H,19,20). The van der Waals surface area contributed by atoms with Gasteiger partial charge in [0.2, 0.25) is 5.76 Å². The number of carboxylic acid groups (broad SMARTS) is 1. The minimum absolute atomic E-state index is 0.0258. The van der Waals surface area contributed by atoms with E-state index in [9.17, 15) is 9.59 Å². The van der Waals surface area contributed by atoms with Crippen molar-refractivity contribution in [2.45, 2.75) is 22.5 Å². The molecule has 1 aliphatic rings. The summed E-state index contributed by atoms with van der Waals surface area (Å²) in [5.41, 5.74) is 0. The smallest absolute Gasteiger partial charge is 0.371 e. The fourth-order valence-electron chi connectivity index (χ4n) is 2.10. The summed E-state index contributed by atoms with van der Waals surface area (Å²) in [4.78, 5) is 23.9. The van der Waals surface area contributed by atoms with Gasteiger partial charge in [0.1, 0.15) is 0 Å². The number of amides is 1. The molecule has 0 atom stereocenters. The van der Waals surface area contributed by atoms with Crippen LogP contribution >= 0.6 is 11.8 Å². The Labute approximate surface area is 131 Å². The summed E-state index contributed by atoms with van der Waals surface area (Å²) in [5, 5.41) is 11.6. The largest absolute Gasteiger partial charge is 0.475 e. The average molecular weight is 317 g/mol. The number of carbonyl (C=O) groups is 2. The van der Waals surface area contributed by atoms with Gasteiger partial charge in [-0.3, -0.25) is 4.79 Å². The lowest BCUT2D eigenvalue weighted by Crippen LogP contribution is -2.31. The number of nitrogens with one attached hydrogen (secondary N) is 1. The Morgan fingerprint density at radius 2 is 1.82 bits per heavy atom. The number of hydrogen-bond donors (Lipinski definition) is 2. The van der Waals surface area contributed by atoms with Crippen molar-refractivity contribution in [3.63, 3.8) is 0 Å². The van der Waals surface area contributed by atoms with Crippen LogP contribution in [0.3, 0.4) is 0 Å². The van der Waals surface area contributed by atoms with Crippen LogP contribution in [0.15, 0.2) is 51.8 Å². The Kier molecular flexibility index (Phi) is 3.94. The van der Waals surface area contributed by atoms with Gasteiger partial charge in [-0.1, -0.05) is 18.2 Å². The number of carboxylic acids is 1. The molecule has 2 N–H and O–H groups in total. The lowest BCUT2D eigenvalue weighted by Gasteiger charge is -2.15. The maximum Gasteiger partial charge on any atom is 0.371 e. The highest BCUT2D eigenvalue weighted by molar-refractivity contribution is 8.01. The Morgan fingerprint density at radius 3 is 2.41 bits per heavy atom. The van der Waals surface area contributed by atoms with Gasteiger partial charge >= 0.3 is 5.97 Å². The van der Waals surface area contributed by atoms with E-state index in [2.05, 4.69) is 17.4 Å². The summed E-state index contributed by atoms with van der Waals surface area (Å²) in [5.74, 6) is -1.77. The summed E-state index contributed by atoms with van der Waals surface area (Å²) >= 11 is 1.76. The highest BCUT2D eigenvalue weighted by Gasteiger charge is 2.44. The lowest BCUT2D eigenvalue weighted by atomic mass is 10.3. The predicted molar refractivity (Wildman–Crippen MR) is 82.3 cm³/mol. The van der Waals surface area contributed by atoms with E-state index in [0.29, 0.717) is 6.54 Å². The third kappa shape index (κ3) is 3.33. The molecule has 1 heterocycles. The van der Waals surface area contributed by atoms with Crippen LogP contribution in [0, 0.1) is 0 Å². The third-order valence-electron chi connectivity index (χ3n) is 3.50. The highest BCUT2D eigenvalue weighted by atomic mass is 32.2. The summed E-state index contributed by atoms with van der Waals surface area (Å²) < 4.78 is 5.03. The monoisotopic (exact) mass is 317 g/mol. The zero-order chi connectivity index (χ0) is 15.6. The molecule has 2 aromatic rings. The Hall–Kier alpha value is -2.21. The van der Waals surface area contributed by atoms with Crippen molar-refractivity contribution in [3.05, 3.63) is 54.0 Å². The summed E-state index contributed by atoms with van der Waals surface area (Å²) in [6.45, 7) is 0.536. The first-order chi connectivity index (χ1) is 10.6. The van der Waals surface area contributed by atoms with Gasteiger partial charge in [-0.25, -0.2) is 4.79 Å². The molecule has 1 aromatic carbocycles. The van der Waals surface area contributed by atoms with Crippen molar-refractivity contribution in [3.8, 4) is 0 Å². The van der Waals surface area contributed by atoms with E-state index in [0.717, 1.165) is 12.8 Å². The number of rotatable bonds is 6. The summed E-state index contributed by atoms with van der Waals surface area (Å²) in [7, 11) is 0. The van der Waals surface area contributed by atoms with E-state index in [1.807, 2.05) is 18.2 Å². The number of thioether (sulfide) groups is 1. The van der Waals surface area contributed by atoms with Gasteiger partial charge in [0.05, 0.1) is 0 Å². The SMILES string of the molecule is O=C(O)c1ccc(C(=O)NCC2(Sc3ccccc3)CC2)o1. The molecule has 22 heavy (non-hydrogen) atoms. The average Bonchev–Trinajstić information content (AvgIpc) is 3.09. The van der Waals surface area contributed by atoms with Gasteiger partial charge in [0.25, 0.3) is 5.91 Å². The van der Waals surface area contributed by atoms with Crippen LogP contribution < -0.4 is 5.32 Å². The zero-order valence-corrected chi connectivity index (χ0v) is 12.6. The molecule has 1 amide bonds. The van der Waals surface area contributed by atoms with Gasteiger partial charge in [0.15, 0.2) is 5.76 Å². The predicted octanol–water partition coefficient (Wildman–Crippen LogP) is 3.03. The lowest BCUT2D eigenvalue weighted by molar-refractivity contribution is 0.0659. The van der Waals surface area contributed by atoms with Crippen LogP contribution in [0.4, 0.5) is 0 Å². The van der Waals surface area contributed by atoms with Gasteiger partial charge in [-0.05, 0) is 37.1 Å². The number of furan rings is 1. The molecule has 5 nitrogen and oxygen atoms in total. The van der Waals surface area contributed by atoms with E-state index in [4.69, 9.17) is 9.52 Å². The second kappa shape index (κ2) is 5.88. The second-order valence-electron chi connectivity index (χ2n) is 5.25. The van der Waals surface area contributed by atoms with Crippen LogP contribution in [0.1, 0.15) is 34.0 Å². The number of hydrogen-bond acceptors (Lipinski definition) is 4. The molecule has 0 aliphatic heterocycles. The summed E-state index contributed by atoms with van der Waals surface area (Å²) in [6, 6.07) is 12.7. The molecule has 0 saturated heterocycles. The molecule has 0 spiro atoms. The first kappa shape index (κ1) is 14.7. The molecular weight excluding hydrogens is 302 g/mol. The maximum absolute atomic E-state index is 12.0. The third-order valence-corrected chi connectivity index (χ3v) is 4.99. The highest BCUT2D eigenvalue weighted by Crippen LogP contribution is 2.51. The molecule has 114 valence electrons. The molecule has 3 rings (SSSR count). The Morgan fingerprint density at radius 1 is 1.14 bits per heavy atom. The van der Waals surface area contributed by atoms with Crippen molar-refractivity contribution >= 4 is 23.6 Å². The fourth-order valence-corrected chi connectivity index (χ4v) is 3.34. The van der Waals surface area contributed by atoms with Crippen LogP contribution in [-0.2, 0) is 0 Å². The number of carbonyl (C=O) groups excluding carboxylic acids is 1. The number of aromatic carboxylic acids is 1. The fraction of sp³-hybridized carbons (Fsp3) is 0.250. The van der Waals surface area contributed by atoms with E-state index < -0.39 is 5.97 Å². The minimum Gasteiger partial charge on any atom is -0.475 e. The molecule has 1 aliphatic carbocycles. The number of benzene rings is 1. The second-order valence-corrected chi connectivity index (χ2v) is 6.79. The van der Waals surface area contributed by atoms with Crippen molar-refractivity contribution in [1.82, 2.24) is 5.32 Å². The summed E-state index contributed by atoms with van der Waals surface area (Å²) in [6.07, 6.45) is 2.09. The van der Waals surface area contributed by atoms with Crippen molar-refractivity contribution in [2.24, 2.45) is 0 Å². The van der Waals surface area contributed by atoms with Crippen LogP contribution in [0.2, 0.25) is 0 Å². The van der Waals surface area contributed by atoms with Gasteiger partial charge in [0, 0.05) is 16.2 Å². The molecule has 6 heteroatoms. The Bertz CT molecular complexity index is 691.